The van der Waals surface area contributed by atoms with E-state index in [2.05, 4.69) is 5.32 Å². The van der Waals surface area contributed by atoms with Gasteiger partial charge in [0.2, 0.25) is 5.78 Å². The number of carbonyl (C=O) groups excluding carboxylic acids is 2. The monoisotopic (exact) mass is 381 g/mol. The van der Waals surface area contributed by atoms with Crippen molar-refractivity contribution in [1.82, 2.24) is 0 Å². The van der Waals surface area contributed by atoms with E-state index in [0.29, 0.717) is 11.3 Å². The fourth-order valence-corrected chi connectivity index (χ4v) is 2.08. The first-order valence-corrected chi connectivity index (χ1v) is 7.66. The van der Waals surface area contributed by atoms with E-state index in [1.165, 1.54) is 12.1 Å². The number of aryl methyl sites for hydroxylation is 1. The van der Waals surface area contributed by atoms with Crippen LogP contribution in [-0.4, -0.2) is 23.0 Å². The van der Waals surface area contributed by atoms with Gasteiger partial charge in [-0.3, -0.25) is 10.1 Å². The Morgan fingerprint density at radius 3 is 2.07 bits per heavy atom. The van der Waals surface area contributed by atoms with Gasteiger partial charge in [0, 0.05) is 12.1 Å². The third-order valence-corrected chi connectivity index (χ3v) is 3.47. The van der Waals surface area contributed by atoms with E-state index < -0.39 is 29.6 Å². The number of hydrogen-bond acceptors (Lipinski definition) is 4. The highest BCUT2D eigenvalue weighted by Crippen LogP contribution is 2.30. The van der Waals surface area contributed by atoms with Gasteiger partial charge in [0.25, 0.3) is 0 Å². The van der Waals surface area contributed by atoms with Crippen LogP contribution in [0.5, 0.6) is 5.75 Å². The van der Waals surface area contributed by atoms with Crippen molar-refractivity contribution < 1.29 is 37.4 Å². The molecule has 142 valence electrons. The number of nitrogens with one attached hydrogen (secondary N) is 1. The number of carbonyl (C=O) groups is 3. The van der Waals surface area contributed by atoms with Gasteiger partial charge in [-0.1, -0.05) is 12.1 Å². The summed E-state index contributed by atoms with van der Waals surface area (Å²) in [5, 5.41) is 10.9. The van der Waals surface area contributed by atoms with Crippen LogP contribution >= 0.6 is 0 Å². The number of ketones is 1. The molecule has 0 unspecified atom stereocenters. The molecule has 2 N–H and O–H groups in total. The Hall–Kier alpha value is -3.36. The Morgan fingerprint density at radius 2 is 1.56 bits per heavy atom. The first-order valence-electron chi connectivity index (χ1n) is 7.66. The highest BCUT2D eigenvalue weighted by atomic mass is 19.4. The topological polar surface area (TPSA) is 92.7 Å². The average molecular weight is 381 g/mol. The molecule has 0 saturated heterocycles. The lowest BCUT2D eigenvalue weighted by Crippen LogP contribution is -2.17. The van der Waals surface area contributed by atoms with Gasteiger partial charge in [-0.05, 0) is 48.4 Å². The Kier molecular flexibility index (Phi) is 6.17. The van der Waals surface area contributed by atoms with Gasteiger partial charge in [0.15, 0.2) is 0 Å². The highest BCUT2D eigenvalue weighted by molar-refractivity contribution is 6.32. The predicted molar refractivity (Wildman–Crippen MR) is 88.5 cm³/mol. The van der Waals surface area contributed by atoms with Crippen LogP contribution in [0.15, 0.2) is 48.5 Å². The first-order chi connectivity index (χ1) is 12.6. The minimum absolute atomic E-state index is 0.0516. The summed E-state index contributed by atoms with van der Waals surface area (Å²) in [5.41, 5.74) is 0.207. The summed E-state index contributed by atoms with van der Waals surface area (Å²) in [6.45, 7) is 0. The van der Waals surface area contributed by atoms with Gasteiger partial charge in [-0.15, -0.1) is 0 Å². The molecule has 2 aromatic carbocycles. The van der Waals surface area contributed by atoms with Gasteiger partial charge < -0.3 is 9.84 Å². The molecule has 6 nitrogen and oxygen atoms in total. The zero-order chi connectivity index (χ0) is 20.0. The van der Waals surface area contributed by atoms with Crippen molar-refractivity contribution in [3.63, 3.8) is 0 Å². The van der Waals surface area contributed by atoms with Gasteiger partial charge in [0.05, 0.1) is 5.56 Å². The van der Waals surface area contributed by atoms with Crippen molar-refractivity contribution in [2.24, 2.45) is 0 Å². The molecule has 0 aliphatic rings. The van der Waals surface area contributed by atoms with Crippen molar-refractivity contribution in [2.75, 3.05) is 5.32 Å². The number of alkyl halides is 3. The van der Waals surface area contributed by atoms with Crippen LogP contribution in [-0.2, 0) is 22.2 Å². The van der Waals surface area contributed by atoms with Gasteiger partial charge in [-0.2, -0.15) is 13.2 Å². The molecule has 0 saturated carbocycles. The molecule has 0 spiro atoms. The van der Waals surface area contributed by atoms with Crippen LogP contribution in [0.1, 0.15) is 17.5 Å². The summed E-state index contributed by atoms with van der Waals surface area (Å²) < 4.78 is 42.3. The Balaban J connectivity index is 1.88. The maximum absolute atomic E-state index is 12.5. The number of carboxylic acids is 1. The van der Waals surface area contributed by atoms with Crippen molar-refractivity contribution >= 4 is 23.5 Å². The average Bonchev–Trinajstić information content (AvgIpc) is 2.60. The number of aliphatic carboxylic acids is 1. The summed E-state index contributed by atoms with van der Waals surface area (Å²) in [6.07, 6.45) is -5.26. The second-order valence-corrected chi connectivity index (χ2v) is 5.46. The third kappa shape index (κ3) is 6.14. The Morgan fingerprint density at radius 1 is 0.963 bits per heavy atom. The van der Waals surface area contributed by atoms with E-state index in [0.717, 1.165) is 24.3 Å². The van der Waals surface area contributed by atoms with Gasteiger partial charge in [0.1, 0.15) is 5.75 Å². The van der Waals surface area contributed by atoms with Gasteiger partial charge >= 0.3 is 18.2 Å². The molecule has 0 aliphatic carbocycles. The zero-order valence-corrected chi connectivity index (χ0v) is 13.7. The lowest BCUT2D eigenvalue weighted by Gasteiger charge is -2.09. The van der Waals surface area contributed by atoms with E-state index in [4.69, 9.17) is 9.84 Å². The van der Waals surface area contributed by atoms with Crippen LogP contribution in [0.4, 0.5) is 23.7 Å². The predicted octanol–water partition coefficient (Wildman–Crippen LogP) is 3.90. The van der Waals surface area contributed by atoms with E-state index in [-0.39, 0.29) is 18.6 Å². The molecule has 0 heterocycles. The number of amides is 1. The highest BCUT2D eigenvalue weighted by Gasteiger charge is 2.30. The SMILES string of the molecule is O=C(Nc1ccc(CCC(=O)C(=O)O)cc1)Oc1ccc(C(F)(F)F)cc1. The largest absolute Gasteiger partial charge is 0.476 e. The molecule has 0 bridgehead atoms. The number of Topliss-reactive ketones (excluding diaryl/α,β-unsaturated/α-hetero) is 1. The Bertz CT molecular complexity index is 830. The quantitative estimate of drug-likeness (QED) is 0.741. The molecule has 1 amide bonds. The van der Waals surface area contributed by atoms with E-state index in [9.17, 15) is 27.6 Å². The number of carboxylic acid groups (broad SMARTS) is 1. The number of hydrogen-bond donors (Lipinski definition) is 2. The fraction of sp³-hybridized carbons (Fsp3) is 0.167. The number of benzene rings is 2. The lowest BCUT2D eigenvalue weighted by molar-refractivity contribution is -0.149. The summed E-state index contributed by atoms with van der Waals surface area (Å²) in [4.78, 5) is 33.3. The maximum Gasteiger partial charge on any atom is 0.417 e. The van der Waals surface area contributed by atoms with Crippen LogP contribution in [0.2, 0.25) is 0 Å². The van der Waals surface area contributed by atoms with Crippen molar-refractivity contribution in [3.8, 4) is 5.75 Å². The minimum Gasteiger partial charge on any atom is -0.476 e. The van der Waals surface area contributed by atoms with E-state index >= 15 is 0 Å². The van der Waals surface area contributed by atoms with Crippen LogP contribution in [0, 0.1) is 0 Å². The first kappa shape index (κ1) is 20.0. The molecule has 0 fully saturated rings. The molecule has 0 atom stereocenters. The second kappa shape index (κ2) is 8.35. The summed E-state index contributed by atoms with van der Waals surface area (Å²) in [7, 11) is 0. The summed E-state index contributed by atoms with van der Waals surface area (Å²) >= 11 is 0. The van der Waals surface area contributed by atoms with Crippen molar-refractivity contribution in [1.29, 1.82) is 0 Å². The van der Waals surface area contributed by atoms with Crippen molar-refractivity contribution in [2.45, 2.75) is 19.0 Å². The second-order valence-electron chi connectivity index (χ2n) is 5.46. The van der Waals surface area contributed by atoms with Crippen LogP contribution in [0.25, 0.3) is 0 Å². The molecule has 2 aromatic rings. The van der Waals surface area contributed by atoms with E-state index in [1.807, 2.05) is 0 Å². The molecule has 27 heavy (non-hydrogen) atoms. The number of ether oxygens (including phenoxy) is 1. The number of halogens is 3. The summed E-state index contributed by atoms with van der Waals surface area (Å²) in [6, 6.07) is 9.91. The van der Waals surface area contributed by atoms with Gasteiger partial charge in [-0.25, -0.2) is 9.59 Å². The third-order valence-electron chi connectivity index (χ3n) is 3.47. The van der Waals surface area contributed by atoms with Crippen molar-refractivity contribution in [3.05, 3.63) is 59.7 Å². The fourth-order valence-electron chi connectivity index (χ4n) is 2.08. The molecule has 0 radical (unpaired) electrons. The van der Waals surface area contributed by atoms with E-state index in [1.54, 1.807) is 12.1 Å². The van der Waals surface area contributed by atoms with Crippen LogP contribution in [0.3, 0.4) is 0 Å². The lowest BCUT2D eigenvalue weighted by atomic mass is 10.1. The molecular weight excluding hydrogens is 367 g/mol. The molecule has 2 rings (SSSR count). The molecule has 0 aliphatic heterocycles. The molecule has 9 heteroatoms. The summed E-state index contributed by atoms with van der Waals surface area (Å²) in [5.74, 6) is -2.43. The molecular formula is C18H14F3NO5. The standard InChI is InChI=1S/C18H14F3NO5/c19-18(20,21)12-4-8-14(9-5-12)27-17(26)22-13-6-1-11(2-7-13)3-10-15(23)16(24)25/h1-2,4-9H,3,10H2,(H,22,26)(H,24,25). The smallest absolute Gasteiger partial charge is 0.417 e. The minimum atomic E-state index is -4.47. The number of rotatable bonds is 6. The Labute approximate surface area is 151 Å². The van der Waals surface area contributed by atoms with Crippen LogP contribution < -0.4 is 10.1 Å². The number of anilines is 1. The molecule has 0 aromatic heterocycles. The normalized spacial score (nSPS) is 10.9. The zero-order valence-electron chi connectivity index (χ0n) is 13.7. The maximum atomic E-state index is 12.5.